The number of non-ortho nitro benzene ring substituents is 1. The Labute approximate surface area is 163 Å². The fraction of sp³-hybridized carbons (Fsp3) is 0. The largest absolute Gasteiger partial charge is 0.289 e. The lowest BCUT2D eigenvalue weighted by Gasteiger charge is -2.00. The minimum atomic E-state index is -0.534. The van der Waals surface area contributed by atoms with Gasteiger partial charge in [0.1, 0.15) is 5.69 Å². The Morgan fingerprint density at radius 2 is 2.04 bits per heavy atom. The van der Waals surface area contributed by atoms with Gasteiger partial charge >= 0.3 is 0 Å². The van der Waals surface area contributed by atoms with E-state index in [1.165, 1.54) is 30.5 Å². The van der Waals surface area contributed by atoms with Crippen LogP contribution in [0.15, 0.2) is 53.6 Å². The van der Waals surface area contributed by atoms with Crippen molar-refractivity contribution < 1.29 is 9.72 Å². The third-order valence-electron chi connectivity index (χ3n) is 3.49. The number of aromatic nitrogens is 2. The molecule has 0 radical (unpaired) electrons. The number of hydrazone groups is 1. The van der Waals surface area contributed by atoms with Crippen LogP contribution in [0.1, 0.15) is 16.1 Å². The van der Waals surface area contributed by atoms with Crippen LogP contribution in [0.2, 0.25) is 10.0 Å². The monoisotopic (exact) mass is 403 g/mol. The van der Waals surface area contributed by atoms with Crippen molar-refractivity contribution in [2.75, 3.05) is 0 Å². The summed E-state index contributed by atoms with van der Waals surface area (Å²) in [6, 6.07) is 12.3. The summed E-state index contributed by atoms with van der Waals surface area (Å²) < 4.78 is 0. The summed E-state index contributed by atoms with van der Waals surface area (Å²) in [4.78, 5) is 22.4. The van der Waals surface area contributed by atoms with Gasteiger partial charge in [0.2, 0.25) is 0 Å². The van der Waals surface area contributed by atoms with Crippen LogP contribution < -0.4 is 5.43 Å². The van der Waals surface area contributed by atoms with E-state index in [-0.39, 0.29) is 11.4 Å². The Morgan fingerprint density at radius 1 is 1.22 bits per heavy atom. The van der Waals surface area contributed by atoms with Gasteiger partial charge in [-0.1, -0.05) is 35.3 Å². The van der Waals surface area contributed by atoms with Crippen LogP contribution in [0, 0.1) is 10.1 Å². The molecule has 2 aromatic carbocycles. The number of hydrogen-bond acceptors (Lipinski definition) is 5. The minimum absolute atomic E-state index is 0.0677. The van der Waals surface area contributed by atoms with Crippen molar-refractivity contribution in [2.24, 2.45) is 5.10 Å². The van der Waals surface area contributed by atoms with E-state index in [4.69, 9.17) is 23.2 Å². The van der Waals surface area contributed by atoms with Crippen molar-refractivity contribution in [3.8, 4) is 11.3 Å². The van der Waals surface area contributed by atoms with E-state index >= 15 is 0 Å². The predicted molar refractivity (Wildman–Crippen MR) is 102 cm³/mol. The topological polar surface area (TPSA) is 113 Å². The second kappa shape index (κ2) is 7.98. The van der Waals surface area contributed by atoms with Gasteiger partial charge in [-0.2, -0.15) is 10.2 Å². The summed E-state index contributed by atoms with van der Waals surface area (Å²) in [5, 5.41) is 22.1. The van der Waals surface area contributed by atoms with Gasteiger partial charge in [0, 0.05) is 28.3 Å². The van der Waals surface area contributed by atoms with Crippen molar-refractivity contribution in [1.29, 1.82) is 0 Å². The third kappa shape index (κ3) is 4.49. The molecule has 3 aromatic rings. The van der Waals surface area contributed by atoms with E-state index in [0.717, 1.165) is 0 Å². The average molecular weight is 404 g/mol. The summed E-state index contributed by atoms with van der Waals surface area (Å²) in [7, 11) is 0. The molecule has 0 aliphatic carbocycles. The van der Waals surface area contributed by atoms with Gasteiger partial charge in [-0.25, -0.2) is 5.43 Å². The second-order valence-electron chi connectivity index (χ2n) is 5.34. The number of nitro benzene ring substituents is 1. The number of hydrogen-bond donors (Lipinski definition) is 2. The molecule has 0 bridgehead atoms. The average Bonchev–Trinajstić information content (AvgIpc) is 3.14. The summed E-state index contributed by atoms with van der Waals surface area (Å²) >= 11 is 12.1. The summed E-state index contributed by atoms with van der Waals surface area (Å²) in [5.74, 6) is -0.534. The van der Waals surface area contributed by atoms with Crippen LogP contribution in [0.25, 0.3) is 11.3 Å². The van der Waals surface area contributed by atoms with E-state index in [9.17, 15) is 14.9 Å². The molecule has 3 rings (SSSR count). The molecule has 0 saturated heterocycles. The number of rotatable bonds is 5. The van der Waals surface area contributed by atoms with Crippen LogP contribution >= 0.6 is 23.2 Å². The van der Waals surface area contributed by atoms with Crippen molar-refractivity contribution in [3.63, 3.8) is 0 Å². The lowest BCUT2D eigenvalue weighted by molar-refractivity contribution is -0.384. The Hall–Kier alpha value is -3.23. The molecule has 1 heterocycles. The molecule has 10 heteroatoms. The van der Waals surface area contributed by atoms with Gasteiger partial charge in [0.25, 0.3) is 11.6 Å². The van der Waals surface area contributed by atoms with E-state index in [0.29, 0.717) is 26.9 Å². The summed E-state index contributed by atoms with van der Waals surface area (Å²) in [6.07, 6.45) is 1.30. The summed E-state index contributed by atoms with van der Waals surface area (Å²) in [5.41, 5.74) is 3.92. The smallest absolute Gasteiger partial charge is 0.272 e. The minimum Gasteiger partial charge on any atom is -0.272 e. The van der Waals surface area contributed by atoms with Gasteiger partial charge in [-0.3, -0.25) is 20.0 Å². The molecule has 8 nitrogen and oxygen atoms in total. The number of aromatic amines is 1. The van der Waals surface area contributed by atoms with Gasteiger partial charge < -0.3 is 0 Å². The molecule has 1 amide bonds. The molecule has 2 N–H and O–H groups in total. The third-order valence-corrected chi connectivity index (χ3v) is 4.05. The number of halogens is 2. The van der Waals surface area contributed by atoms with Crippen LogP contribution in [-0.4, -0.2) is 27.2 Å². The number of amides is 1. The van der Waals surface area contributed by atoms with E-state index in [1.807, 2.05) is 0 Å². The molecular weight excluding hydrogens is 393 g/mol. The van der Waals surface area contributed by atoms with Gasteiger partial charge in [-0.05, 0) is 24.3 Å². The van der Waals surface area contributed by atoms with Crippen molar-refractivity contribution in [2.45, 2.75) is 0 Å². The van der Waals surface area contributed by atoms with Crippen molar-refractivity contribution in [3.05, 3.63) is 79.9 Å². The molecule has 0 aliphatic heterocycles. The maximum Gasteiger partial charge on any atom is 0.289 e. The van der Waals surface area contributed by atoms with Crippen LogP contribution in [-0.2, 0) is 0 Å². The first-order valence-corrected chi connectivity index (χ1v) is 8.28. The SMILES string of the molecule is O=C(N/N=C/c1cccc([N+](=O)[O-])c1)c1cc(-c2cc(Cl)ccc2Cl)n[nH]1. The highest BCUT2D eigenvalue weighted by Gasteiger charge is 2.13. The zero-order valence-electron chi connectivity index (χ0n) is 13.5. The molecule has 27 heavy (non-hydrogen) atoms. The van der Waals surface area contributed by atoms with Crippen molar-refractivity contribution >= 4 is 41.0 Å². The molecule has 0 atom stereocenters. The Kier molecular flexibility index (Phi) is 5.49. The van der Waals surface area contributed by atoms with Gasteiger partial charge in [-0.15, -0.1) is 0 Å². The fourth-order valence-corrected chi connectivity index (χ4v) is 2.60. The Balaban J connectivity index is 1.70. The quantitative estimate of drug-likeness (QED) is 0.379. The number of carbonyl (C=O) groups is 1. The van der Waals surface area contributed by atoms with Crippen LogP contribution in [0.3, 0.4) is 0 Å². The highest BCUT2D eigenvalue weighted by Crippen LogP contribution is 2.29. The Morgan fingerprint density at radius 3 is 2.81 bits per heavy atom. The first kappa shape index (κ1) is 18.6. The van der Waals surface area contributed by atoms with Crippen molar-refractivity contribution in [1.82, 2.24) is 15.6 Å². The standard InChI is InChI=1S/C17H11Cl2N5O3/c18-11-4-5-14(19)13(7-11)15-8-16(22-21-15)17(25)23-20-9-10-2-1-3-12(6-10)24(26)27/h1-9H,(H,21,22)(H,23,25)/b20-9+. The predicted octanol–water partition coefficient (Wildman–Crippen LogP) is 4.06. The molecule has 136 valence electrons. The maximum atomic E-state index is 12.1. The number of carbonyl (C=O) groups excluding carboxylic acids is 1. The maximum absolute atomic E-state index is 12.1. The fourth-order valence-electron chi connectivity index (χ4n) is 2.21. The molecule has 0 aliphatic rings. The lowest BCUT2D eigenvalue weighted by atomic mass is 10.1. The molecule has 0 spiro atoms. The van der Waals surface area contributed by atoms with Crippen LogP contribution in [0.5, 0.6) is 0 Å². The first-order valence-electron chi connectivity index (χ1n) is 7.53. The van der Waals surface area contributed by atoms with Gasteiger partial charge in [0.05, 0.1) is 21.9 Å². The van der Waals surface area contributed by atoms with Gasteiger partial charge in [0.15, 0.2) is 0 Å². The number of H-pyrrole nitrogens is 1. The number of nitrogens with one attached hydrogen (secondary N) is 2. The van der Waals surface area contributed by atoms with E-state index < -0.39 is 10.8 Å². The van der Waals surface area contributed by atoms with E-state index in [2.05, 4.69) is 20.7 Å². The highest BCUT2D eigenvalue weighted by molar-refractivity contribution is 6.35. The number of nitrogens with zero attached hydrogens (tertiary/aromatic N) is 3. The summed E-state index contributed by atoms with van der Waals surface area (Å²) in [6.45, 7) is 0. The molecular formula is C17H11Cl2N5O3. The molecule has 0 saturated carbocycles. The molecule has 0 unspecified atom stereocenters. The lowest BCUT2D eigenvalue weighted by Crippen LogP contribution is -2.18. The first-order chi connectivity index (χ1) is 12.9. The highest BCUT2D eigenvalue weighted by atomic mass is 35.5. The number of nitro groups is 1. The number of benzene rings is 2. The Bertz CT molecular complexity index is 1050. The zero-order valence-corrected chi connectivity index (χ0v) is 15.0. The second-order valence-corrected chi connectivity index (χ2v) is 6.19. The molecule has 0 fully saturated rings. The normalized spacial score (nSPS) is 10.9. The van der Waals surface area contributed by atoms with E-state index in [1.54, 1.807) is 24.3 Å². The van der Waals surface area contributed by atoms with Crippen LogP contribution in [0.4, 0.5) is 5.69 Å². The zero-order chi connectivity index (χ0) is 19.4. The molecule has 1 aromatic heterocycles.